The molecule has 128 valence electrons. The first-order valence-corrected chi connectivity index (χ1v) is 8.27. The molecule has 0 aliphatic rings. The summed E-state index contributed by atoms with van der Waals surface area (Å²) >= 11 is 0. The van der Waals surface area contributed by atoms with Crippen LogP contribution in [0.2, 0.25) is 0 Å². The van der Waals surface area contributed by atoms with Crippen molar-refractivity contribution < 1.29 is 9.36 Å². The van der Waals surface area contributed by atoms with Crippen LogP contribution in [0.25, 0.3) is 11.4 Å². The molecule has 0 amide bonds. The Morgan fingerprint density at radius 3 is 2.60 bits per heavy atom. The zero-order valence-electron chi connectivity index (χ0n) is 14.6. The summed E-state index contributed by atoms with van der Waals surface area (Å²) in [5.41, 5.74) is 4.33. The summed E-state index contributed by atoms with van der Waals surface area (Å²) in [7, 11) is 0. The largest absolute Gasteiger partial charge is 0.386 e. The van der Waals surface area contributed by atoms with Crippen LogP contribution < -0.4 is 0 Å². The molecule has 25 heavy (non-hydrogen) atoms. The van der Waals surface area contributed by atoms with Crippen molar-refractivity contribution in [3.63, 3.8) is 0 Å². The molecule has 1 heterocycles. The van der Waals surface area contributed by atoms with Crippen molar-refractivity contribution in [1.82, 2.24) is 10.1 Å². The van der Waals surface area contributed by atoms with Crippen molar-refractivity contribution in [2.75, 3.05) is 0 Å². The van der Waals surface area contributed by atoms with E-state index in [0.717, 1.165) is 16.7 Å². The molecular formula is C20H21N3O2. The SMILES string of the molecule is Cc1ccccc1-c1noc(CO/N=C\c2ccc(C(C)C)cc2)n1. The highest BCUT2D eigenvalue weighted by molar-refractivity contribution is 5.79. The number of aryl methyl sites for hydroxylation is 1. The minimum absolute atomic E-state index is 0.138. The van der Waals surface area contributed by atoms with Crippen LogP contribution in [0, 0.1) is 6.92 Å². The fourth-order valence-electron chi connectivity index (χ4n) is 2.40. The zero-order chi connectivity index (χ0) is 17.6. The molecule has 1 aromatic heterocycles. The quantitative estimate of drug-likeness (QED) is 0.483. The summed E-state index contributed by atoms with van der Waals surface area (Å²) in [5.74, 6) is 1.47. The maximum absolute atomic E-state index is 5.25. The van der Waals surface area contributed by atoms with Crippen LogP contribution in [0.1, 0.15) is 42.3 Å². The molecule has 0 fully saturated rings. The van der Waals surface area contributed by atoms with Gasteiger partial charge in [-0.1, -0.05) is 72.7 Å². The van der Waals surface area contributed by atoms with Crippen molar-refractivity contribution >= 4 is 6.21 Å². The van der Waals surface area contributed by atoms with Gasteiger partial charge < -0.3 is 9.36 Å². The fraction of sp³-hybridized carbons (Fsp3) is 0.250. The summed E-state index contributed by atoms with van der Waals surface area (Å²) < 4.78 is 5.21. The molecule has 3 aromatic rings. The second kappa shape index (κ2) is 7.75. The number of rotatable bonds is 6. The van der Waals surface area contributed by atoms with Crippen molar-refractivity contribution in [3.05, 3.63) is 71.1 Å². The Kier molecular flexibility index (Phi) is 5.23. The molecule has 0 unspecified atom stereocenters. The third-order valence-corrected chi connectivity index (χ3v) is 3.92. The topological polar surface area (TPSA) is 60.5 Å². The van der Waals surface area contributed by atoms with Crippen molar-refractivity contribution in [3.8, 4) is 11.4 Å². The minimum Gasteiger partial charge on any atom is -0.386 e. The van der Waals surface area contributed by atoms with E-state index in [-0.39, 0.29) is 6.61 Å². The van der Waals surface area contributed by atoms with Gasteiger partial charge in [-0.15, -0.1) is 0 Å². The fourth-order valence-corrected chi connectivity index (χ4v) is 2.40. The molecule has 3 rings (SSSR count). The van der Waals surface area contributed by atoms with Crippen LogP contribution in [0.3, 0.4) is 0 Å². The Labute approximate surface area is 147 Å². The lowest BCUT2D eigenvalue weighted by Gasteiger charge is -2.04. The summed E-state index contributed by atoms with van der Waals surface area (Å²) in [6.07, 6.45) is 1.67. The Balaban J connectivity index is 1.57. The first-order valence-electron chi connectivity index (χ1n) is 8.27. The normalized spacial score (nSPS) is 11.4. The number of nitrogens with zero attached hydrogens (tertiary/aromatic N) is 3. The van der Waals surface area contributed by atoms with E-state index in [4.69, 9.17) is 9.36 Å². The third-order valence-electron chi connectivity index (χ3n) is 3.92. The van der Waals surface area contributed by atoms with Crippen molar-refractivity contribution in [2.24, 2.45) is 5.16 Å². The van der Waals surface area contributed by atoms with Gasteiger partial charge in [0.15, 0.2) is 6.61 Å². The Bertz CT molecular complexity index is 851. The van der Waals surface area contributed by atoms with E-state index < -0.39 is 0 Å². The number of aromatic nitrogens is 2. The van der Waals surface area contributed by atoms with Gasteiger partial charge in [0, 0.05) is 5.56 Å². The summed E-state index contributed by atoms with van der Waals surface area (Å²) in [6.45, 7) is 6.49. The van der Waals surface area contributed by atoms with Crippen LogP contribution in [0.5, 0.6) is 0 Å². The van der Waals surface area contributed by atoms with E-state index in [1.165, 1.54) is 5.56 Å². The molecule has 5 heteroatoms. The number of hydrogen-bond acceptors (Lipinski definition) is 5. The standard InChI is InChI=1S/C20H21N3O2/c1-14(2)17-10-8-16(9-11-17)12-21-24-13-19-22-20(23-25-19)18-7-5-4-6-15(18)3/h4-12,14H,13H2,1-3H3/b21-12-. The van der Waals surface area contributed by atoms with Gasteiger partial charge in [0.25, 0.3) is 5.89 Å². The first-order chi connectivity index (χ1) is 12.1. The average molecular weight is 335 g/mol. The molecule has 2 aromatic carbocycles. The van der Waals surface area contributed by atoms with E-state index in [2.05, 4.69) is 41.3 Å². The summed E-state index contributed by atoms with van der Waals surface area (Å²) in [4.78, 5) is 9.59. The van der Waals surface area contributed by atoms with Crippen LogP contribution in [-0.4, -0.2) is 16.4 Å². The molecule has 0 N–H and O–H groups in total. The Morgan fingerprint density at radius 2 is 1.88 bits per heavy atom. The Morgan fingerprint density at radius 1 is 1.12 bits per heavy atom. The number of oxime groups is 1. The predicted molar refractivity (Wildman–Crippen MR) is 97.4 cm³/mol. The average Bonchev–Trinajstić information content (AvgIpc) is 3.08. The molecule has 0 aliphatic carbocycles. The molecule has 0 spiro atoms. The zero-order valence-corrected chi connectivity index (χ0v) is 14.6. The highest BCUT2D eigenvalue weighted by atomic mass is 16.6. The van der Waals surface area contributed by atoms with Crippen molar-refractivity contribution in [2.45, 2.75) is 33.3 Å². The van der Waals surface area contributed by atoms with Crippen LogP contribution in [0.15, 0.2) is 58.2 Å². The van der Waals surface area contributed by atoms with Crippen LogP contribution >= 0.6 is 0 Å². The highest BCUT2D eigenvalue weighted by Gasteiger charge is 2.10. The predicted octanol–water partition coefficient (Wildman–Crippen LogP) is 4.72. The lowest BCUT2D eigenvalue weighted by molar-refractivity contribution is 0.107. The molecule has 5 nitrogen and oxygen atoms in total. The van der Waals surface area contributed by atoms with E-state index >= 15 is 0 Å². The van der Waals surface area contributed by atoms with Gasteiger partial charge in [0.2, 0.25) is 5.82 Å². The highest BCUT2D eigenvalue weighted by Crippen LogP contribution is 2.20. The maximum atomic E-state index is 5.25. The Hall–Kier alpha value is -2.95. The molecule has 0 aliphatic heterocycles. The van der Waals surface area contributed by atoms with E-state index in [0.29, 0.717) is 17.6 Å². The third kappa shape index (κ3) is 4.32. The van der Waals surface area contributed by atoms with E-state index in [9.17, 15) is 0 Å². The van der Waals surface area contributed by atoms with Crippen LogP contribution in [-0.2, 0) is 11.4 Å². The van der Waals surface area contributed by atoms with Gasteiger partial charge in [-0.3, -0.25) is 0 Å². The van der Waals surface area contributed by atoms with Gasteiger partial charge >= 0.3 is 0 Å². The molecule has 0 saturated carbocycles. The molecular weight excluding hydrogens is 314 g/mol. The second-order valence-corrected chi connectivity index (χ2v) is 6.16. The van der Waals surface area contributed by atoms with Crippen LogP contribution in [0.4, 0.5) is 0 Å². The summed E-state index contributed by atoms with van der Waals surface area (Å²) in [5, 5.41) is 7.95. The van der Waals surface area contributed by atoms with Gasteiger partial charge in [-0.2, -0.15) is 4.98 Å². The van der Waals surface area contributed by atoms with E-state index in [1.807, 2.05) is 43.3 Å². The lowest BCUT2D eigenvalue weighted by Crippen LogP contribution is -1.91. The molecule has 0 bridgehead atoms. The second-order valence-electron chi connectivity index (χ2n) is 6.16. The van der Waals surface area contributed by atoms with Crippen molar-refractivity contribution in [1.29, 1.82) is 0 Å². The first kappa shape index (κ1) is 16.9. The smallest absolute Gasteiger partial charge is 0.267 e. The van der Waals surface area contributed by atoms with Gasteiger partial charge in [-0.05, 0) is 29.5 Å². The molecule has 0 atom stereocenters. The molecule has 0 radical (unpaired) electrons. The van der Waals surface area contributed by atoms with Gasteiger partial charge in [-0.25, -0.2) is 0 Å². The number of benzene rings is 2. The lowest BCUT2D eigenvalue weighted by atomic mass is 10.0. The minimum atomic E-state index is 0.138. The van der Waals surface area contributed by atoms with Gasteiger partial charge in [0.1, 0.15) is 0 Å². The maximum Gasteiger partial charge on any atom is 0.267 e. The summed E-state index contributed by atoms with van der Waals surface area (Å²) in [6, 6.07) is 16.1. The van der Waals surface area contributed by atoms with Gasteiger partial charge in [0.05, 0.1) is 6.21 Å². The molecule has 0 saturated heterocycles. The van der Waals surface area contributed by atoms with E-state index in [1.54, 1.807) is 6.21 Å². The monoisotopic (exact) mass is 335 g/mol. The number of hydrogen-bond donors (Lipinski definition) is 0.